The Morgan fingerprint density at radius 2 is 1.69 bits per heavy atom. The molecule has 4 aromatic rings. The third-order valence-corrected chi connectivity index (χ3v) is 9.71. The number of amides is 1. The van der Waals surface area contributed by atoms with Gasteiger partial charge in [0, 0.05) is 25.4 Å². The fraction of sp³-hybridized carbons (Fsp3) is 0.324. The van der Waals surface area contributed by atoms with Crippen LogP contribution in [-0.2, 0) is 22.4 Å². The molecule has 3 fully saturated rings. The minimum absolute atomic E-state index is 0.0336. The van der Waals surface area contributed by atoms with Gasteiger partial charge in [-0.15, -0.1) is 0 Å². The van der Waals surface area contributed by atoms with Crippen molar-refractivity contribution in [2.75, 3.05) is 38.8 Å². The second kappa shape index (κ2) is 15.4. The van der Waals surface area contributed by atoms with E-state index < -0.39 is 24.0 Å². The van der Waals surface area contributed by atoms with Crippen LogP contribution in [0.5, 0.6) is 11.5 Å². The van der Waals surface area contributed by atoms with E-state index in [0.717, 1.165) is 25.9 Å². The molecule has 4 heterocycles. The highest BCUT2D eigenvalue weighted by molar-refractivity contribution is 6.35. The fourth-order valence-electron chi connectivity index (χ4n) is 6.42. The number of anilines is 1. The van der Waals surface area contributed by atoms with Gasteiger partial charge < -0.3 is 18.9 Å². The van der Waals surface area contributed by atoms with Crippen LogP contribution in [0.25, 0.3) is 0 Å². The molecular weight excluding hydrogens is 672 g/mol. The van der Waals surface area contributed by atoms with Crippen molar-refractivity contribution in [1.29, 1.82) is 0 Å². The molecule has 12 heteroatoms. The number of halogens is 3. The van der Waals surface area contributed by atoms with Crippen LogP contribution in [0, 0.1) is 11.7 Å². The molecule has 3 saturated heterocycles. The lowest BCUT2D eigenvalue weighted by Gasteiger charge is -2.44. The van der Waals surface area contributed by atoms with Crippen molar-refractivity contribution in [2.45, 2.75) is 38.0 Å². The quantitative estimate of drug-likeness (QED) is 0.145. The first-order chi connectivity index (χ1) is 23.7. The molecule has 0 spiro atoms. The number of nitrogens with zero attached hydrogens (tertiary/aromatic N) is 3. The summed E-state index contributed by atoms with van der Waals surface area (Å²) in [7, 11) is 3.05. The molecule has 1 aromatic heterocycles. The summed E-state index contributed by atoms with van der Waals surface area (Å²) >= 11 is 12.9. The van der Waals surface area contributed by atoms with Crippen LogP contribution in [0.3, 0.4) is 0 Å². The smallest absolute Gasteiger partial charge is 0.414 e. The minimum atomic E-state index is -0.825. The SMILES string of the molecule is COc1ccc([C@H](Cc2c(Cl)cncc2Cl)OC(=O)c2cccc(CN(C(=O)O[C@H]3CN4CCC3CC4)c3cccc(F)c3)c2)cc1OC. The number of esters is 1. The average Bonchev–Trinajstić information content (AvgIpc) is 3.12. The summed E-state index contributed by atoms with van der Waals surface area (Å²) in [6.45, 7) is 2.73. The molecule has 0 aliphatic carbocycles. The number of benzene rings is 3. The van der Waals surface area contributed by atoms with E-state index in [1.807, 2.05) is 0 Å². The Bertz CT molecular complexity index is 1800. The van der Waals surface area contributed by atoms with E-state index >= 15 is 0 Å². The van der Waals surface area contributed by atoms with E-state index in [-0.39, 0.29) is 24.6 Å². The average molecular weight is 709 g/mol. The number of rotatable bonds is 11. The lowest BCUT2D eigenvalue weighted by atomic mass is 9.86. The maximum atomic E-state index is 14.4. The van der Waals surface area contributed by atoms with Crippen LogP contribution in [-0.4, -0.2) is 61.9 Å². The van der Waals surface area contributed by atoms with Gasteiger partial charge in [0.15, 0.2) is 11.5 Å². The molecular formula is C37H36Cl2FN3O6. The molecule has 2 bridgehead atoms. The summed E-state index contributed by atoms with van der Waals surface area (Å²) in [5, 5.41) is 0.664. The Morgan fingerprint density at radius 3 is 2.37 bits per heavy atom. The molecule has 49 heavy (non-hydrogen) atoms. The summed E-state index contributed by atoms with van der Waals surface area (Å²) < 4.78 is 37.4. The standard InChI is InChI=1S/C37H36Cl2FN3O6/c1-46-32-10-9-25(16-34(32)47-2)33(18-29-30(38)19-41-20-31(29)39)48-36(44)26-6-3-5-23(15-26)21-43(28-8-4-7-27(40)17-28)37(45)49-35-22-42-13-11-24(35)12-14-42/h3-10,15-17,19-20,24,33,35H,11-14,18,21-22H2,1-2H3/t33-,35-/m0/s1. The Labute approximate surface area is 294 Å². The highest BCUT2D eigenvalue weighted by Gasteiger charge is 2.37. The van der Waals surface area contributed by atoms with Crippen LogP contribution in [0.15, 0.2) is 79.1 Å². The lowest BCUT2D eigenvalue weighted by Crippen LogP contribution is -2.53. The zero-order chi connectivity index (χ0) is 34.5. The molecule has 256 valence electrons. The number of pyridine rings is 1. The maximum Gasteiger partial charge on any atom is 0.414 e. The molecule has 0 unspecified atom stereocenters. The highest BCUT2D eigenvalue weighted by atomic mass is 35.5. The summed E-state index contributed by atoms with van der Waals surface area (Å²) in [6, 6.07) is 17.8. The van der Waals surface area contributed by atoms with Crippen molar-refractivity contribution in [2.24, 2.45) is 5.92 Å². The van der Waals surface area contributed by atoms with Gasteiger partial charge in [-0.2, -0.15) is 0 Å². The molecule has 0 N–H and O–H groups in total. The molecule has 0 saturated carbocycles. The first-order valence-corrected chi connectivity index (χ1v) is 16.7. The fourth-order valence-corrected chi connectivity index (χ4v) is 6.94. The number of carbonyl (C=O) groups is 2. The minimum Gasteiger partial charge on any atom is -0.493 e. The Hall–Kier alpha value is -4.38. The molecule has 1 amide bonds. The molecule has 2 atom stereocenters. The first kappa shape index (κ1) is 34.5. The Kier molecular flexibility index (Phi) is 10.9. The second-order valence-corrected chi connectivity index (χ2v) is 12.9. The summed E-state index contributed by atoms with van der Waals surface area (Å²) in [4.78, 5) is 35.2. The van der Waals surface area contributed by atoms with Gasteiger partial charge in [-0.3, -0.25) is 14.8 Å². The van der Waals surface area contributed by atoms with Crippen molar-refractivity contribution >= 4 is 41.0 Å². The molecule has 3 aromatic carbocycles. The number of aromatic nitrogens is 1. The van der Waals surface area contributed by atoms with Gasteiger partial charge in [0.2, 0.25) is 0 Å². The zero-order valence-corrected chi connectivity index (χ0v) is 28.6. The van der Waals surface area contributed by atoms with E-state index in [1.165, 1.54) is 43.6 Å². The van der Waals surface area contributed by atoms with Gasteiger partial charge in [-0.1, -0.05) is 47.5 Å². The van der Waals surface area contributed by atoms with Crippen LogP contribution < -0.4 is 14.4 Å². The summed E-state index contributed by atoms with van der Waals surface area (Å²) in [6.07, 6.45) is 3.43. The van der Waals surface area contributed by atoms with Gasteiger partial charge in [0.05, 0.1) is 42.1 Å². The van der Waals surface area contributed by atoms with Gasteiger partial charge in [-0.05, 0) is 91.0 Å². The van der Waals surface area contributed by atoms with E-state index in [1.54, 1.807) is 54.6 Å². The van der Waals surface area contributed by atoms with Gasteiger partial charge >= 0.3 is 12.1 Å². The highest BCUT2D eigenvalue weighted by Crippen LogP contribution is 2.36. The summed E-state index contributed by atoms with van der Waals surface area (Å²) in [5.74, 6) is 0.175. The number of hydrogen-bond donors (Lipinski definition) is 0. The van der Waals surface area contributed by atoms with Crippen LogP contribution in [0.2, 0.25) is 10.0 Å². The maximum absolute atomic E-state index is 14.4. The normalized spacial score (nSPS) is 18.8. The van der Waals surface area contributed by atoms with Gasteiger partial charge in [0.25, 0.3) is 0 Å². The number of ether oxygens (including phenoxy) is 4. The molecule has 3 aliphatic heterocycles. The second-order valence-electron chi connectivity index (χ2n) is 12.1. The molecule has 9 nitrogen and oxygen atoms in total. The predicted molar refractivity (Wildman–Crippen MR) is 184 cm³/mol. The zero-order valence-electron chi connectivity index (χ0n) is 27.1. The molecule has 7 rings (SSSR count). The molecule has 0 radical (unpaired) electrons. The third kappa shape index (κ3) is 8.09. The van der Waals surface area contributed by atoms with E-state index in [9.17, 15) is 14.0 Å². The number of methoxy groups -OCH3 is 2. The van der Waals surface area contributed by atoms with Gasteiger partial charge in [0.1, 0.15) is 18.0 Å². The van der Waals surface area contributed by atoms with E-state index in [4.69, 9.17) is 42.1 Å². The number of piperidine rings is 3. The van der Waals surface area contributed by atoms with Crippen molar-refractivity contribution in [3.8, 4) is 11.5 Å². The van der Waals surface area contributed by atoms with Crippen molar-refractivity contribution in [3.63, 3.8) is 0 Å². The van der Waals surface area contributed by atoms with Gasteiger partial charge in [-0.25, -0.2) is 14.0 Å². The van der Waals surface area contributed by atoms with E-state index in [2.05, 4.69) is 9.88 Å². The topological polar surface area (TPSA) is 90.4 Å². The van der Waals surface area contributed by atoms with Crippen molar-refractivity contribution in [1.82, 2.24) is 9.88 Å². The van der Waals surface area contributed by atoms with Crippen molar-refractivity contribution in [3.05, 3.63) is 117 Å². The first-order valence-electron chi connectivity index (χ1n) is 16.0. The number of fused-ring (bicyclic) bond motifs is 3. The van der Waals surface area contributed by atoms with Crippen LogP contribution in [0.4, 0.5) is 14.9 Å². The molecule has 3 aliphatic rings. The van der Waals surface area contributed by atoms with E-state index in [0.29, 0.717) is 56.4 Å². The Morgan fingerprint density at radius 1 is 0.959 bits per heavy atom. The van der Waals surface area contributed by atoms with Crippen molar-refractivity contribution < 1.29 is 32.9 Å². The largest absolute Gasteiger partial charge is 0.493 e. The van der Waals surface area contributed by atoms with Crippen LogP contribution in [0.1, 0.15) is 46.0 Å². The van der Waals surface area contributed by atoms with Crippen LogP contribution >= 0.6 is 23.2 Å². The lowest BCUT2D eigenvalue weighted by molar-refractivity contribution is -0.0311. The third-order valence-electron chi connectivity index (χ3n) is 9.06. The number of hydrogen-bond acceptors (Lipinski definition) is 8. The predicted octanol–water partition coefficient (Wildman–Crippen LogP) is 7.92. The Balaban J connectivity index is 1.25. The number of carbonyl (C=O) groups excluding carboxylic acids is 2. The summed E-state index contributed by atoms with van der Waals surface area (Å²) in [5.41, 5.74) is 2.40. The monoisotopic (exact) mass is 707 g/mol.